The maximum Gasteiger partial charge on any atom is 0.522 e. The second kappa shape index (κ2) is 7.48. The fraction of sp³-hybridized carbons (Fsp3) is 0.417. The first-order valence-corrected chi connectivity index (χ1v) is 6.17. The molecule has 0 aromatic heterocycles. The summed E-state index contributed by atoms with van der Waals surface area (Å²) in [5.41, 5.74) is 5.96. The van der Waals surface area contributed by atoms with Crippen LogP contribution in [0, 0.1) is 0 Å². The predicted molar refractivity (Wildman–Crippen MR) is 68.3 cm³/mol. The summed E-state index contributed by atoms with van der Waals surface area (Å²) in [5, 5.41) is 8.84. The number of carbonyl (C=O) groups is 1. The van der Waals surface area contributed by atoms with Gasteiger partial charge in [0, 0.05) is 0 Å². The highest BCUT2D eigenvalue weighted by Gasteiger charge is 2.28. The minimum atomic E-state index is -4.70. The molecule has 21 heavy (non-hydrogen) atoms. The molecular weight excluding hydrogens is 315 g/mol. The van der Waals surface area contributed by atoms with Crippen molar-refractivity contribution in [2.24, 2.45) is 5.73 Å². The molecule has 1 rings (SSSR count). The van der Waals surface area contributed by atoms with Crippen LogP contribution >= 0.6 is 11.6 Å². The van der Waals surface area contributed by atoms with Crippen molar-refractivity contribution in [1.82, 2.24) is 0 Å². The van der Waals surface area contributed by atoms with Crippen LogP contribution in [0.15, 0.2) is 18.2 Å². The summed E-state index contributed by atoms with van der Waals surface area (Å²) in [6.45, 7) is -0.987. The molecule has 0 heterocycles. The Labute approximate surface area is 123 Å². The van der Waals surface area contributed by atoms with Crippen molar-refractivity contribution in [2.75, 3.05) is 13.2 Å². The van der Waals surface area contributed by atoms with E-state index in [2.05, 4.69) is 4.74 Å². The van der Waals surface area contributed by atoms with E-state index in [1.54, 1.807) is 0 Å². The van der Waals surface area contributed by atoms with Gasteiger partial charge in [-0.1, -0.05) is 17.7 Å². The molecule has 9 heteroatoms. The molecule has 3 N–H and O–H groups in total. The van der Waals surface area contributed by atoms with Crippen LogP contribution in [0.5, 0.6) is 5.75 Å². The van der Waals surface area contributed by atoms with E-state index in [9.17, 15) is 18.0 Å². The highest BCUT2D eigenvalue weighted by atomic mass is 35.5. The molecular formula is C12H13ClF3NO4. The summed E-state index contributed by atoms with van der Waals surface area (Å²) >= 11 is 5.88. The average molecular weight is 328 g/mol. The molecule has 0 aliphatic heterocycles. The van der Waals surface area contributed by atoms with Crippen LogP contribution in [-0.2, 0) is 16.0 Å². The van der Waals surface area contributed by atoms with Gasteiger partial charge in [0.2, 0.25) is 0 Å². The third-order valence-electron chi connectivity index (χ3n) is 2.38. The average Bonchev–Trinajstić information content (AvgIpc) is 2.35. The third-order valence-corrected chi connectivity index (χ3v) is 2.67. The lowest BCUT2D eigenvalue weighted by Crippen LogP contribution is -2.32. The van der Waals surface area contributed by atoms with Crippen LogP contribution < -0.4 is 10.5 Å². The number of alkyl halides is 3. The SMILES string of the molecule is N[C@@H](Cc1ccc(OCCOC(F)(F)F)c(Cl)c1)C(=O)O. The lowest BCUT2D eigenvalue weighted by molar-refractivity contribution is -0.325. The van der Waals surface area contributed by atoms with Gasteiger partial charge in [-0.2, -0.15) is 0 Å². The standard InChI is InChI=1S/C12H13ClF3NO4/c13-8-5-7(6-9(17)11(18)19)1-2-10(8)20-3-4-21-12(14,15)16/h1-2,5,9H,3-4,6,17H2,(H,18,19)/t9-/m0/s1. The molecule has 0 amide bonds. The molecule has 1 aromatic carbocycles. The molecule has 5 nitrogen and oxygen atoms in total. The van der Waals surface area contributed by atoms with Crippen molar-refractivity contribution in [3.8, 4) is 5.75 Å². The molecule has 0 unspecified atom stereocenters. The number of hydrogen-bond donors (Lipinski definition) is 2. The van der Waals surface area contributed by atoms with E-state index in [0.29, 0.717) is 5.56 Å². The Morgan fingerprint density at radius 3 is 2.57 bits per heavy atom. The molecule has 0 bridgehead atoms. The number of halogens is 4. The number of nitrogens with two attached hydrogens (primary N) is 1. The maximum atomic E-state index is 11.7. The molecule has 0 fully saturated rings. The van der Waals surface area contributed by atoms with Gasteiger partial charge in [0.25, 0.3) is 0 Å². The minimum Gasteiger partial charge on any atom is -0.490 e. The fourth-order valence-corrected chi connectivity index (χ4v) is 1.70. The molecule has 1 atom stereocenters. The van der Waals surface area contributed by atoms with Gasteiger partial charge in [-0.25, -0.2) is 0 Å². The number of hydrogen-bond acceptors (Lipinski definition) is 4. The van der Waals surface area contributed by atoms with Gasteiger partial charge in [0.1, 0.15) is 18.4 Å². The zero-order valence-corrected chi connectivity index (χ0v) is 11.4. The Morgan fingerprint density at radius 2 is 2.05 bits per heavy atom. The van der Waals surface area contributed by atoms with Crippen molar-refractivity contribution < 1.29 is 32.5 Å². The Balaban J connectivity index is 2.52. The second-order valence-electron chi connectivity index (χ2n) is 4.06. The van der Waals surface area contributed by atoms with Gasteiger partial charge >= 0.3 is 12.3 Å². The molecule has 0 aliphatic rings. The van der Waals surface area contributed by atoms with E-state index in [-0.39, 0.29) is 23.8 Å². The van der Waals surface area contributed by atoms with Gasteiger partial charge in [0.05, 0.1) is 11.6 Å². The van der Waals surface area contributed by atoms with Crippen molar-refractivity contribution >= 4 is 17.6 Å². The lowest BCUT2D eigenvalue weighted by Gasteiger charge is -2.12. The highest BCUT2D eigenvalue weighted by Crippen LogP contribution is 2.26. The molecule has 0 aliphatic carbocycles. The van der Waals surface area contributed by atoms with Gasteiger partial charge < -0.3 is 15.6 Å². The first-order chi connectivity index (χ1) is 9.69. The van der Waals surface area contributed by atoms with E-state index < -0.39 is 25.0 Å². The second-order valence-corrected chi connectivity index (χ2v) is 4.46. The van der Waals surface area contributed by atoms with Crippen molar-refractivity contribution in [1.29, 1.82) is 0 Å². The fourth-order valence-electron chi connectivity index (χ4n) is 1.44. The Bertz CT molecular complexity index is 496. The number of ether oxygens (including phenoxy) is 2. The Morgan fingerprint density at radius 1 is 1.38 bits per heavy atom. The molecule has 1 aromatic rings. The Kier molecular flexibility index (Phi) is 6.25. The summed E-state index contributed by atoms with van der Waals surface area (Å²) in [6.07, 6.45) is -4.63. The molecule has 0 spiro atoms. The molecule has 0 radical (unpaired) electrons. The first kappa shape index (κ1) is 17.5. The maximum absolute atomic E-state index is 11.7. The summed E-state index contributed by atoms with van der Waals surface area (Å²) in [5.74, 6) is -0.967. The van der Waals surface area contributed by atoms with Crippen LogP contribution in [-0.4, -0.2) is 36.7 Å². The first-order valence-electron chi connectivity index (χ1n) is 5.79. The van der Waals surface area contributed by atoms with Crippen LogP contribution in [0.25, 0.3) is 0 Å². The topological polar surface area (TPSA) is 81.8 Å². The van der Waals surface area contributed by atoms with E-state index >= 15 is 0 Å². The third kappa shape index (κ3) is 6.65. The van der Waals surface area contributed by atoms with E-state index in [1.165, 1.54) is 18.2 Å². The highest BCUT2D eigenvalue weighted by molar-refractivity contribution is 6.32. The predicted octanol–water partition coefficient (Wildman–Crippen LogP) is 2.21. The number of rotatable bonds is 7. The van der Waals surface area contributed by atoms with Crippen LogP contribution in [0.1, 0.15) is 5.56 Å². The molecule has 118 valence electrons. The van der Waals surface area contributed by atoms with E-state index in [0.717, 1.165) is 0 Å². The van der Waals surface area contributed by atoms with E-state index in [1.807, 2.05) is 0 Å². The Hall–Kier alpha value is -1.51. The number of carboxylic acids is 1. The zero-order chi connectivity index (χ0) is 16.0. The quantitative estimate of drug-likeness (QED) is 0.750. The van der Waals surface area contributed by atoms with Crippen molar-refractivity contribution in [2.45, 2.75) is 18.8 Å². The number of aliphatic carboxylic acids is 1. The summed E-state index contributed by atoms with van der Waals surface area (Å²) in [7, 11) is 0. The van der Waals surface area contributed by atoms with Crippen molar-refractivity contribution in [3.63, 3.8) is 0 Å². The lowest BCUT2D eigenvalue weighted by atomic mass is 10.1. The van der Waals surface area contributed by atoms with Crippen LogP contribution in [0.2, 0.25) is 5.02 Å². The number of benzene rings is 1. The largest absolute Gasteiger partial charge is 0.522 e. The zero-order valence-electron chi connectivity index (χ0n) is 10.7. The monoisotopic (exact) mass is 327 g/mol. The molecule has 0 saturated heterocycles. The van der Waals surface area contributed by atoms with Gasteiger partial charge in [-0.05, 0) is 24.1 Å². The van der Waals surface area contributed by atoms with Crippen LogP contribution in [0.3, 0.4) is 0 Å². The van der Waals surface area contributed by atoms with E-state index in [4.69, 9.17) is 27.2 Å². The summed E-state index contributed by atoms with van der Waals surface area (Å²) in [4.78, 5) is 10.6. The normalized spacial score (nSPS) is 13.0. The summed E-state index contributed by atoms with van der Waals surface area (Å²) < 4.78 is 43.8. The van der Waals surface area contributed by atoms with Crippen LogP contribution in [0.4, 0.5) is 13.2 Å². The molecule has 0 saturated carbocycles. The minimum absolute atomic E-state index is 0.0759. The van der Waals surface area contributed by atoms with Crippen molar-refractivity contribution in [3.05, 3.63) is 28.8 Å². The van der Waals surface area contributed by atoms with Gasteiger partial charge in [-0.3, -0.25) is 9.53 Å². The number of carboxylic acid groups (broad SMARTS) is 1. The van der Waals surface area contributed by atoms with Gasteiger partial charge in [0.15, 0.2) is 0 Å². The van der Waals surface area contributed by atoms with Gasteiger partial charge in [-0.15, -0.1) is 13.2 Å². The summed E-state index contributed by atoms with van der Waals surface area (Å²) in [6, 6.07) is 3.35. The smallest absolute Gasteiger partial charge is 0.490 e.